The molecule has 1 N–H and O–H groups in total. The molecule has 12 heteroatoms. The minimum atomic E-state index is -4.01. The molecule has 2 aliphatic heterocycles. The van der Waals surface area contributed by atoms with E-state index in [0.717, 1.165) is 44.5 Å². The van der Waals surface area contributed by atoms with Gasteiger partial charge in [0, 0.05) is 47.7 Å². The molecule has 0 aliphatic carbocycles. The maximum atomic E-state index is 12.7. The zero-order chi connectivity index (χ0) is 25.2. The highest BCUT2D eigenvalue weighted by Gasteiger charge is 2.31. The van der Waals surface area contributed by atoms with Gasteiger partial charge in [-0.1, -0.05) is 39.1 Å². The van der Waals surface area contributed by atoms with Crippen LogP contribution in [-0.2, 0) is 10.0 Å². The average Bonchev–Trinajstić information content (AvgIpc) is 2.81. The second kappa shape index (κ2) is 11.5. The van der Waals surface area contributed by atoms with Crippen LogP contribution in [0.25, 0.3) is 0 Å². The van der Waals surface area contributed by atoms with Crippen molar-refractivity contribution in [2.24, 2.45) is 0 Å². The molecule has 2 amide bonds. The maximum Gasteiger partial charge on any atom is 0.331 e. The van der Waals surface area contributed by atoms with Crippen molar-refractivity contribution in [2.45, 2.75) is 47.6 Å². The number of carbonyl (C=O) groups is 1. The van der Waals surface area contributed by atoms with Gasteiger partial charge in [-0.15, -0.1) is 12.6 Å². The molecule has 0 bridgehead atoms. The molecular weight excluding hydrogens is 597 g/mol. The molecule has 0 atom stereocenters. The van der Waals surface area contributed by atoms with Crippen LogP contribution >= 0.6 is 51.8 Å². The summed E-state index contributed by atoms with van der Waals surface area (Å²) < 4.78 is 34.3. The third-order valence-corrected chi connectivity index (χ3v) is 9.50. The summed E-state index contributed by atoms with van der Waals surface area (Å²) >= 11 is 19.6. The highest BCUT2D eigenvalue weighted by molar-refractivity contribution is 9.10. The van der Waals surface area contributed by atoms with Crippen LogP contribution in [0.15, 0.2) is 50.7 Å². The van der Waals surface area contributed by atoms with Gasteiger partial charge in [0.25, 0.3) is 10.0 Å². The summed E-state index contributed by atoms with van der Waals surface area (Å²) in [7, 11) is -4.01. The molecule has 2 heterocycles. The van der Waals surface area contributed by atoms with E-state index in [0.29, 0.717) is 33.6 Å². The van der Waals surface area contributed by atoms with E-state index in [2.05, 4.69) is 38.2 Å². The van der Waals surface area contributed by atoms with Gasteiger partial charge < -0.3 is 9.64 Å². The van der Waals surface area contributed by atoms with Crippen molar-refractivity contribution in [1.82, 2.24) is 14.5 Å². The molecular formula is C23H26BrCl2N3O4S2. The number of rotatable bonds is 5. The predicted octanol–water partition coefficient (Wildman–Crippen LogP) is 5.45. The Labute approximate surface area is 229 Å². The van der Waals surface area contributed by atoms with Crippen molar-refractivity contribution in [3.05, 3.63) is 50.9 Å². The van der Waals surface area contributed by atoms with E-state index in [-0.39, 0.29) is 15.9 Å². The number of hydrogen-bond donors (Lipinski definition) is 2. The number of thiol groups is 1. The van der Waals surface area contributed by atoms with Crippen molar-refractivity contribution in [3.8, 4) is 5.75 Å². The third-order valence-electron chi connectivity index (χ3n) is 6.37. The number of amides is 2. The van der Waals surface area contributed by atoms with Crippen molar-refractivity contribution in [3.63, 3.8) is 0 Å². The van der Waals surface area contributed by atoms with Gasteiger partial charge in [0.05, 0.1) is 10.0 Å². The number of sulfonamides is 1. The zero-order valence-electron chi connectivity index (χ0n) is 18.8. The van der Waals surface area contributed by atoms with Gasteiger partial charge in [-0.05, 0) is 56.0 Å². The zero-order valence-corrected chi connectivity index (χ0v) is 23.6. The van der Waals surface area contributed by atoms with Gasteiger partial charge in [0.2, 0.25) is 0 Å². The molecule has 2 aliphatic rings. The van der Waals surface area contributed by atoms with Crippen LogP contribution in [0.4, 0.5) is 4.79 Å². The Morgan fingerprint density at radius 3 is 2.31 bits per heavy atom. The molecule has 7 nitrogen and oxygen atoms in total. The van der Waals surface area contributed by atoms with E-state index >= 15 is 0 Å². The fourth-order valence-electron chi connectivity index (χ4n) is 4.49. The first kappa shape index (κ1) is 26.9. The van der Waals surface area contributed by atoms with Gasteiger partial charge in [-0.3, -0.25) is 4.90 Å². The monoisotopic (exact) mass is 621 g/mol. The minimum absolute atomic E-state index is 0.0294. The molecule has 0 radical (unpaired) electrons. The quantitative estimate of drug-likeness (QED) is 0.434. The Bertz CT molecular complexity index is 1190. The summed E-state index contributed by atoms with van der Waals surface area (Å²) in [5.41, 5.74) is 0. The number of halogens is 3. The fraction of sp³-hybridized carbons (Fsp3) is 0.435. The number of likely N-dealkylation sites (tertiary alicyclic amines) is 2. The number of carbonyl (C=O) groups excluding carboxylic acids is 1. The largest absolute Gasteiger partial charge is 0.490 e. The van der Waals surface area contributed by atoms with E-state index in [4.69, 9.17) is 27.9 Å². The van der Waals surface area contributed by atoms with Crippen molar-refractivity contribution >= 4 is 67.8 Å². The minimum Gasteiger partial charge on any atom is -0.490 e. The Kier molecular flexibility index (Phi) is 8.82. The fourth-order valence-corrected chi connectivity index (χ4v) is 6.94. The number of nitrogens with zero attached hydrogens (tertiary/aromatic N) is 2. The van der Waals surface area contributed by atoms with E-state index in [1.54, 1.807) is 29.2 Å². The van der Waals surface area contributed by atoms with E-state index in [9.17, 15) is 13.2 Å². The maximum absolute atomic E-state index is 12.7. The predicted molar refractivity (Wildman–Crippen MR) is 143 cm³/mol. The number of ether oxygens (including phenoxy) is 1. The van der Waals surface area contributed by atoms with Crippen molar-refractivity contribution in [2.75, 3.05) is 26.2 Å². The Morgan fingerprint density at radius 2 is 1.69 bits per heavy atom. The molecule has 0 spiro atoms. The summed E-state index contributed by atoms with van der Waals surface area (Å²) in [4.78, 5) is 16.9. The lowest BCUT2D eigenvalue weighted by atomic mass is 9.99. The molecule has 2 fully saturated rings. The number of benzene rings is 2. The van der Waals surface area contributed by atoms with Gasteiger partial charge in [0.1, 0.15) is 16.7 Å². The molecule has 4 rings (SSSR count). The second-order valence-corrected chi connectivity index (χ2v) is 12.5. The van der Waals surface area contributed by atoms with Crippen molar-refractivity contribution in [1.29, 1.82) is 0 Å². The van der Waals surface area contributed by atoms with Crippen molar-refractivity contribution < 1.29 is 17.9 Å². The van der Waals surface area contributed by atoms with Gasteiger partial charge in [-0.25, -0.2) is 17.9 Å². The normalized spacial score (nSPS) is 18.5. The van der Waals surface area contributed by atoms with E-state index < -0.39 is 16.1 Å². The number of piperidine rings is 2. The number of urea groups is 1. The molecule has 0 saturated carbocycles. The van der Waals surface area contributed by atoms with Gasteiger partial charge >= 0.3 is 6.03 Å². The van der Waals surface area contributed by atoms with Gasteiger partial charge in [0.15, 0.2) is 0 Å². The first-order chi connectivity index (χ1) is 16.6. The van der Waals surface area contributed by atoms with Crippen LogP contribution in [-0.4, -0.2) is 62.6 Å². The van der Waals surface area contributed by atoms with Crippen LogP contribution in [0.2, 0.25) is 10.0 Å². The molecule has 2 aromatic rings. The number of nitrogens with one attached hydrogen (secondary N) is 1. The Hall–Kier alpha value is -1.17. The lowest BCUT2D eigenvalue weighted by Crippen LogP contribution is -2.52. The highest BCUT2D eigenvalue weighted by Crippen LogP contribution is 2.29. The molecule has 0 unspecified atom stereocenters. The standard InChI is InChI=1S/C23H26BrCl2N3O4S2/c24-15-1-4-22(21(34)13-15)35(31,32)27-23(30)29-9-5-16(6-10-29)28-11-7-17(8-12-28)33-18-2-3-19(25)20(26)14-18/h1-4,13-14,16-17,34H,5-12H2,(H,27,30). The lowest BCUT2D eigenvalue weighted by molar-refractivity contribution is 0.0540. The average molecular weight is 623 g/mol. The summed E-state index contributed by atoms with van der Waals surface area (Å²) in [5.74, 6) is 0.722. The van der Waals surface area contributed by atoms with Crippen LogP contribution in [0.5, 0.6) is 5.75 Å². The molecule has 0 aromatic heterocycles. The SMILES string of the molecule is O=C(NS(=O)(=O)c1ccc(Br)cc1S)N1CCC(N2CCC(Oc3ccc(Cl)c(Cl)c3)CC2)CC1. The van der Waals surface area contributed by atoms with E-state index in [1.165, 1.54) is 6.07 Å². The van der Waals surface area contributed by atoms with Crippen LogP contribution in [0, 0.1) is 0 Å². The summed E-state index contributed by atoms with van der Waals surface area (Å²) in [6.45, 7) is 2.82. The Balaban J connectivity index is 1.24. The van der Waals surface area contributed by atoms with Crippen LogP contribution in [0.3, 0.4) is 0 Å². The first-order valence-electron chi connectivity index (χ1n) is 11.3. The number of hydrogen-bond acceptors (Lipinski definition) is 6. The second-order valence-electron chi connectivity index (χ2n) is 8.67. The summed E-state index contributed by atoms with van der Waals surface area (Å²) in [6, 6.07) is 9.66. The smallest absolute Gasteiger partial charge is 0.331 e. The van der Waals surface area contributed by atoms with Gasteiger partial charge in [-0.2, -0.15) is 0 Å². The third kappa shape index (κ3) is 6.78. The summed E-state index contributed by atoms with van der Waals surface area (Å²) in [6.07, 6.45) is 3.51. The molecule has 2 saturated heterocycles. The topological polar surface area (TPSA) is 79.0 Å². The summed E-state index contributed by atoms with van der Waals surface area (Å²) in [5, 5.41) is 0.985. The molecule has 190 valence electrons. The van der Waals surface area contributed by atoms with Crippen LogP contribution < -0.4 is 9.46 Å². The first-order valence-corrected chi connectivity index (χ1v) is 14.8. The Morgan fingerprint density at radius 1 is 1.00 bits per heavy atom. The van der Waals surface area contributed by atoms with E-state index in [1.807, 2.05) is 6.07 Å². The molecule has 35 heavy (non-hydrogen) atoms. The molecule has 2 aromatic carbocycles. The lowest BCUT2D eigenvalue weighted by Gasteiger charge is -2.41. The van der Waals surface area contributed by atoms with Crippen LogP contribution in [0.1, 0.15) is 25.7 Å². The highest BCUT2D eigenvalue weighted by atomic mass is 79.9.